The van der Waals surface area contributed by atoms with Crippen molar-refractivity contribution in [3.8, 4) is 11.5 Å². The molecule has 6 nitrogen and oxygen atoms in total. The van der Waals surface area contributed by atoms with Gasteiger partial charge < -0.3 is 9.47 Å². The first-order valence-electron chi connectivity index (χ1n) is 7.91. The van der Waals surface area contributed by atoms with Gasteiger partial charge in [0.25, 0.3) is 0 Å². The molecule has 0 aliphatic rings. The molecular formula is C18H18Cl2N2O4S. The van der Waals surface area contributed by atoms with Crippen LogP contribution in [0.4, 0.5) is 0 Å². The number of carbonyl (C=O) groups is 2. The normalized spacial score (nSPS) is 10.2. The molecule has 27 heavy (non-hydrogen) atoms. The van der Waals surface area contributed by atoms with E-state index in [-0.39, 0.29) is 30.6 Å². The number of ether oxygens (including phenoxy) is 2. The summed E-state index contributed by atoms with van der Waals surface area (Å²) in [6.45, 7) is 0.148. The summed E-state index contributed by atoms with van der Waals surface area (Å²) >= 11 is 13.2. The molecule has 144 valence electrons. The van der Waals surface area contributed by atoms with Gasteiger partial charge in [-0.1, -0.05) is 35.3 Å². The molecule has 2 aromatic rings. The highest BCUT2D eigenvalue weighted by Gasteiger charge is 2.09. The Bertz CT molecular complexity index is 805. The second-order valence-corrected chi connectivity index (χ2v) is 7.07. The number of hydrogen-bond donors (Lipinski definition) is 2. The number of nitrogens with one attached hydrogen (secondary N) is 2. The summed E-state index contributed by atoms with van der Waals surface area (Å²) in [5.74, 6) is 0.478. The number of hydrogen-bond acceptors (Lipinski definition) is 5. The van der Waals surface area contributed by atoms with Gasteiger partial charge in [0.2, 0.25) is 11.8 Å². The van der Waals surface area contributed by atoms with Crippen molar-refractivity contribution >= 4 is 46.8 Å². The lowest BCUT2D eigenvalue weighted by Gasteiger charge is -2.11. The highest BCUT2D eigenvalue weighted by molar-refractivity contribution is 8.00. The van der Waals surface area contributed by atoms with Crippen molar-refractivity contribution in [2.45, 2.75) is 11.3 Å². The summed E-state index contributed by atoms with van der Waals surface area (Å²) in [6.07, 6.45) is 0.0750. The summed E-state index contributed by atoms with van der Waals surface area (Å²) in [7, 11) is 1.54. The number of methoxy groups -OCH3 is 1. The van der Waals surface area contributed by atoms with Crippen molar-refractivity contribution in [3.05, 3.63) is 52.5 Å². The monoisotopic (exact) mass is 428 g/mol. The van der Waals surface area contributed by atoms with E-state index in [0.29, 0.717) is 26.4 Å². The molecule has 9 heteroatoms. The number of hydrazine groups is 1. The Kier molecular flexibility index (Phi) is 8.57. The van der Waals surface area contributed by atoms with Crippen LogP contribution in [0, 0.1) is 0 Å². The third-order valence-corrected chi connectivity index (χ3v) is 4.98. The van der Waals surface area contributed by atoms with Gasteiger partial charge in [0.05, 0.1) is 30.9 Å². The Morgan fingerprint density at radius 3 is 2.48 bits per heavy atom. The fraction of sp³-hybridized carbons (Fsp3) is 0.222. The minimum atomic E-state index is -0.371. The smallest absolute Gasteiger partial charge is 0.248 e. The molecule has 0 aromatic heterocycles. The lowest BCUT2D eigenvalue weighted by Crippen LogP contribution is -2.42. The Morgan fingerprint density at radius 1 is 1.04 bits per heavy atom. The highest BCUT2D eigenvalue weighted by atomic mass is 35.5. The zero-order valence-electron chi connectivity index (χ0n) is 14.5. The SMILES string of the molecule is COc1ccccc1OCCC(=O)NNC(=O)CSc1cc(Cl)ccc1Cl. The summed E-state index contributed by atoms with van der Waals surface area (Å²) in [5.41, 5.74) is 4.68. The molecule has 0 radical (unpaired) electrons. The molecule has 0 aliphatic heterocycles. The largest absolute Gasteiger partial charge is 0.493 e. The van der Waals surface area contributed by atoms with Crippen LogP contribution in [0.5, 0.6) is 11.5 Å². The number of carbonyl (C=O) groups excluding carboxylic acids is 2. The van der Waals surface area contributed by atoms with E-state index < -0.39 is 0 Å². The molecule has 0 aliphatic carbocycles. The molecule has 2 amide bonds. The van der Waals surface area contributed by atoms with Gasteiger partial charge in [0, 0.05) is 9.92 Å². The second-order valence-electron chi connectivity index (χ2n) is 5.21. The maximum absolute atomic E-state index is 11.8. The molecule has 0 saturated heterocycles. The first kappa shape index (κ1) is 21.2. The molecule has 0 fully saturated rings. The second kappa shape index (κ2) is 10.9. The van der Waals surface area contributed by atoms with Crippen LogP contribution in [0.2, 0.25) is 10.0 Å². The molecule has 2 rings (SSSR count). The summed E-state index contributed by atoms with van der Waals surface area (Å²) in [6, 6.07) is 12.1. The minimum Gasteiger partial charge on any atom is -0.493 e. The molecule has 0 heterocycles. The van der Waals surface area contributed by atoms with E-state index in [0.717, 1.165) is 0 Å². The Balaban J connectivity index is 1.67. The van der Waals surface area contributed by atoms with Crippen LogP contribution < -0.4 is 20.3 Å². The third-order valence-electron chi connectivity index (χ3n) is 3.25. The van der Waals surface area contributed by atoms with Crippen molar-refractivity contribution in [1.29, 1.82) is 0 Å². The lowest BCUT2D eigenvalue weighted by molar-refractivity contribution is -0.127. The van der Waals surface area contributed by atoms with Gasteiger partial charge in [0.15, 0.2) is 11.5 Å². The van der Waals surface area contributed by atoms with E-state index in [4.69, 9.17) is 32.7 Å². The third kappa shape index (κ3) is 7.21. The Labute approximate surface area is 171 Å². The topological polar surface area (TPSA) is 76.7 Å². The number of benzene rings is 2. The van der Waals surface area contributed by atoms with E-state index >= 15 is 0 Å². The molecule has 0 saturated carbocycles. The average Bonchev–Trinajstić information content (AvgIpc) is 2.67. The minimum absolute atomic E-state index is 0.0750. The fourth-order valence-corrected chi connectivity index (χ4v) is 3.25. The van der Waals surface area contributed by atoms with Crippen LogP contribution in [0.15, 0.2) is 47.4 Å². The molecular weight excluding hydrogens is 411 g/mol. The quantitative estimate of drug-likeness (QED) is 0.494. The molecule has 2 aromatic carbocycles. The number of halogens is 2. The van der Waals surface area contributed by atoms with E-state index in [2.05, 4.69) is 10.9 Å². The van der Waals surface area contributed by atoms with E-state index in [9.17, 15) is 9.59 Å². The molecule has 0 atom stereocenters. The van der Waals surface area contributed by atoms with Crippen LogP contribution in [-0.4, -0.2) is 31.3 Å². The average molecular weight is 429 g/mol. The van der Waals surface area contributed by atoms with Gasteiger partial charge in [-0.25, -0.2) is 0 Å². The fourth-order valence-electron chi connectivity index (χ4n) is 1.96. The van der Waals surface area contributed by atoms with Crippen LogP contribution >= 0.6 is 35.0 Å². The summed E-state index contributed by atoms with van der Waals surface area (Å²) < 4.78 is 10.7. The standard InChI is InChI=1S/C18H18Cl2N2O4S/c1-25-14-4-2-3-5-15(14)26-9-8-17(23)21-22-18(24)11-27-16-10-12(19)6-7-13(16)20/h2-7,10H,8-9,11H2,1H3,(H,21,23)(H,22,24). The number of thioether (sulfide) groups is 1. The number of amides is 2. The maximum Gasteiger partial charge on any atom is 0.248 e. The lowest BCUT2D eigenvalue weighted by atomic mass is 10.3. The van der Waals surface area contributed by atoms with Gasteiger partial charge in [-0.05, 0) is 30.3 Å². The van der Waals surface area contributed by atoms with E-state index in [1.165, 1.54) is 11.8 Å². The summed E-state index contributed by atoms with van der Waals surface area (Å²) in [5, 5.41) is 1.04. The maximum atomic E-state index is 11.8. The van der Waals surface area contributed by atoms with E-state index in [1.807, 2.05) is 12.1 Å². The predicted molar refractivity (Wildman–Crippen MR) is 107 cm³/mol. The predicted octanol–water partition coefficient (Wildman–Crippen LogP) is 3.71. The van der Waals surface area contributed by atoms with Crippen molar-refractivity contribution < 1.29 is 19.1 Å². The molecule has 0 spiro atoms. The number of rotatable bonds is 8. The summed E-state index contributed by atoms with van der Waals surface area (Å²) in [4.78, 5) is 24.3. The van der Waals surface area contributed by atoms with Crippen LogP contribution in [-0.2, 0) is 9.59 Å². The van der Waals surface area contributed by atoms with Gasteiger partial charge in [-0.2, -0.15) is 0 Å². The Morgan fingerprint density at radius 2 is 1.74 bits per heavy atom. The van der Waals surface area contributed by atoms with Crippen LogP contribution in [0.3, 0.4) is 0 Å². The molecule has 2 N–H and O–H groups in total. The van der Waals surface area contributed by atoms with Gasteiger partial charge >= 0.3 is 0 Å². The van der Waals surface area contributed by atoms with Gasteiger partial charge in [-0.15, -0.1) is 11.8 Å². The Hall–Kier alpha value is -2.09. The van der Waals surface area contributed by atoms with Crippen molar-refractivity contribution in [2.75, 3.05) is 19.5 Å². The van der Waals surface area contributed by atoms with Crippen LogP contribution in [0.1, 0.15) is 6.42 Å². The van der Waals surface area contributed by atoms with Crippen molar-refractivity contribution in [1.82, 2.24) is 10.9 Å². The number of para-hydroxylation sites is 2. The highest BCUT2D eigenvalue weighted by Crippen LogP contribution is 2.29. The van der Waals surface area contributed by atoms with Crippen LogP contribution in [0.25, 0.3) is 0 Å². The first-order valence-corrected chi connectivity index (χ1v) is 9.65. The van der Waals surface area contributed by atoms with Crippen molar-refractivity contribution in [3.63, 3.8) is 0 Å². The molecule has 0 bridgehead atoms. The first-order chi connectivity index (χ1) is 13.0. The van der Waals surface area contributed by atoms with Gasteiger partial charge in [0.1, 0.15) is 0 Å². The zero-order chi connectivity index (χ0) is 19.6. The van der Waals surface area contributed by atoms with E-state index in [1.54, 1.807) is 37.4 Å². The van der Waals surface area contributed by atoms with Crippen molar-refractivity contribution in [2.24, 2.45) is 0 Å². The molecule has 0 unspecified atom stereocenters. The zero-order valence-corrected chi connectivity index (χ0v) is 16.8. The van der Waals surface area contributed by atoms with Gasteiger partial charge in [-0.3, -0.25) is 20.4 Å².